The lowest BCUT2D eigenvalue weighted by molar-refractivity contribution is -0.138. The van der Waals surface area contributed by atoms with Crippen LogP contribution in [0.1, 0.15) is 70.1 Å². The Morgan fingerprint density at radius 3 is 1.95 bits per heavy atom. The fourth-order valence-corrected chi connectivity index (χ4v) is 2.05. The first-order valence-electron chi connectivity index (χ1n) is 7.36. The van der Waals surface area contributed by atoms with Crippen molar-refractivity contribution < 1.29 is 18.3 Å². The molecule has 0 spiro atoms. The average Bonchev–Trinajstić information content (AvgIpc) is 3.25. The third kappa shape index (κ3) is 4.73. The Hall–Kier alpha value is -1.19. The number of halogens is 3. The van der Waals surface area contributed by atoms with Crippen molar-refractivity contribution in [1.29, 1.82) is 0 Å². The van der Waals surface area contributed by atoms with Crippen LogP contribution >= 0.6 is 0 Å². The maximum absolute atomic E-state index is 12.9. The fraction of sp³-hybridized carbons (Fsp3) is 0.625. The number of aryl methyl sites for hydroxylation is 1. The van der Waals surface area contributed by atoms with Crippen LogP contribution in [0, 0.1) is 0 Å². The van der Waals surface area contributed by atoms with Crippen LogP contribution in [0.15, 0.2) is 12.1 Å². The van der Waals surface area contributed by atoms with E-state index in [1.807, 2.05) is 27.7 Å². The molecular formula is C16H25F3O. The van der Waals surface area contributed by atoms with E-state index in [0.29, 0.717) is 0 Å². The van der Waals surface area contributed by atoms with E-state index >= 15 is 0 Å². The highest BCUT2D eigenvalue weighted by atomic mass is 19.4. The molecule has 2 rings (SSSR count). The maximum Gasteiger partial charge on any atom is 0.416 e. The smallest absolute Gasteiger partial charge is 0.416 e. The first-order chi connectivity index (χ1) is 9.43. The van der Waals surface area contributed by atoms with Crippen LogP contribution in [0.4, 0.5) is 13.2 Å². The van der Waals surface area contributed by atoms with Gasteiger partial charge >= 0.3 is 6.18 Å². The highest BCUT2D eigenvalue weighted by molar-refractivity contribution is 5.46. The number of hydrogen-bond acceptors (Lipinski definition) is 1. The molecule has 1 aliphatic rings. The summed E-state index contributed by atoms with van der Waals surface area (Å²) in [4.78, 5) is 0. The lowest BCUT2D eigenvalue weighted by atomic mass is 9.95. The molecule has 1 fully saturated rings. The summed E-state index contributed by atoms with van der Waals surface area (Å²) >= 11 is 0. The molecule has 0 unspecified atom stereocenters. The third-order valence-corrected chi connectivity index (χ3v) is 2.92. The van der Waals surface area contributed by atoms with Gasteiger partial charge in [0.25, 0.3) is 0 Å². The van der Waals surface area contributed by atoms with Crippen LogP contribution in [-0.4, -0.2) is 5.11 Å². The largest absolute Gasteiger partial charge is 0.508 e. The minimum atomic E-state index is -4.32. The van der Waals surface area contributed by atoms with Crippen molar-refractivity contribution in [2.24, 2.45) is 0 Å². The topological polar surface area (TPSA) is 20.2 Å². The van der Waals surface area contributed by atoms with Crippen LogP contribution in [0.2, 0.25) is 0 Å². The van der Waals surface area contributed by atoms with Crippen molar-refractivity contribution in [3.63, 3.8) is 0 Å². The molecule has 1 saturated carbocycles. The Morgan fingerprint density at radius 1 is 1.10 bits per heavy atom. The molecule has 1 nitrogen and oxygen atoms in total. The second-order valence-electron chi connectivity index (χ2n) is 4.19. The molecule has 4 heteroatoms. The molecule has 1 aromatic rings. The van der Waals surface area contributed by atoms with Crippen molar-refractivity contribution in [2.75, 3.05) is 0 Å². The molecule has 1 aliphatic carbocycles. The number of phenols is 1. The maximum atomic E-state index is 12.9. The van der Waals surface area contributed by atoms with Gasteiger partial charge in [-0.3, -0.25) is 0 Å². The van der Waals surface area contributed by atoms with Gasteiger partial charge in [-0.05, 0) is 48.4 Å². The second kappa shape index (κ2) is 8.18. The van der Waals surface area contributed by atoms with E-state index in [9.17, 15) is 18.3 Å². The summed E-state index contributed by atoms with van der Waals surface area (Å²) in [6.07, 6.45) is -2.47. The minimum Gasteiger partial charge on any atom is -0.508 e. The molecule has 0 aromatic heterocycles. The first kappa shape index (κ1) is 18.8. The molecule has 0 aliphatic heterocycles. The molecule has 1 aromatic carbocycles. The van der Waals surface area contributed by atoms with Gasteiger partial charge in [0.1, 0.15) is 5.75 Å². The van der Waals surface area contributed by atoms with E-state index < -0.39 is 11.7 Å². The van der Waals surface area contributed by atoms with Crippen molar-refractivity contribution in [3.05, 3.63) is 28.8 Å². The summed E-state index contributed by atoms with van der Waals surface area (Å²) < 4.78 is 38.8. The van der Waals surface area contributed by atoms with Crippen molar-refractivity contribution in [2.45, 2.75) is 66.0 Å². The summed E-state index contributed by atoms with van der Waals surface area (Å²) in [6.45, 7) is 9.67. The van der Waals surface area contributed by atoms with E-state index in [0.717, 1.165) is 12.8 Å². The van der Waals surface area contributed by atoms with Crippen molar-refractivity contribution in [1.82, 2.24) is 0 Å². The molecule has 0 atom stereocenters. The number of phenolic OH excluding ortho intramolecular Hbond substituents is 1. The zero-order valence-corrected chi connectivity index (χ0v) is 12.9. The monoisotopic (exact) mass is 290 g/mol. The minimum absolute atomic E-state index is 0.0194. The molecule has 116 valence electrons. The van der Waals surface area contributed by atoms with Crippen molar-refractivity contribution >= 4 is 0 Å². The normalized spacial score (nSPS) is 13.8. The average molecular weight is 290 g/mol. The number of aromatic hydroxyl groups is 1. The number of benzene rings is 1. The van der Waals surface area contributed by atoms with Gasteiger partial charge in [0.05, 0.1) is 5.56 Å². The van der Waals surface area contributed by atoms with Gasteiger partial charge in [-0.2, -0.15) is 13.2 Å². The zero-order chi connectivity index (χ0) is 15.9. The molecule has 20 heavy (non-hydrogen) atoms. The predicted octanol–water partition coefficient (Wildman–Crippen LogP) is 5.90. The quantitative estimate of drug-likeness (QED) is 0.718. The summed E-state index contributed by atoms with van der Waals surface area (Å²) in [6, 6.07) is 2.48. The summed E-state index contributed by atoms with van der Waals surface area (Å²) in [5.74, 6) is -0.0826. The van der Waals surface area contributed by atoms with E-state index in [4.69, 9.17) is 0 Å². The van der Waals surface area contributed by atoms with Crippen LogP contribution in [0.3, 0.4) is 0 Å². The van der Waals surface area contributed by atoms with Crippen LogP contribution < -0.4 is 0 Å². The Balaban J connectivity index is 0.000000829. The first-order valence-corrected chi connectivity index (χ1v) is 7.36. The number of rotatable bonds is 2. The van der Waals surface area contributed by atoms with Gasteiger partial charge in [0.2, 0.25) is 0 Å². The van der Waals surface area contributed by atoms with Gasteiger partial charge in [-0.15, -0.1) is 0 Å². The third-order valence-electron chi connectivity index (χ3n) is 2.92. The standard InChI is InChI=1S/C12H13F3O.2C2H6/c1-2-7-5-9(16)6-10(8-3-4-8)11(7)12(13,14)15;2*1-2/h5-6,8,16H,2-4H2,1H3;2*1-2H3. The lowest BCUT2D eigenvalue weighted by Gasteiger charge is -2.17. The summed E-state index contributed by atoms with van der Waals surface area (Å²) in [7, 11) is 0. The molecule has 0 heterocycles. The fourth-order valence-electron chi connectivity index (χ4n) is 2.05. The highest BCUT2D eigenvalue weighted by Gasteiger charge is 2.40. The zero-order valence-electron chi connectivity index (χ0n) is 12.9. The van der Waals surface area contributed by atoms with Gasteiger partial charge in [0, 0.05) is 0 Å². The molecule has 0 amide bonds. The van der Waals surface area contributed by atoms with Gasteiger partial charge < -0.3 is 5.11 Å². The van der Waals surface area contributed by atoms with Gasteiger partial charge in [0.15, 0.2) is 0 Å². The number of hydrogen-bond donors (Lipinski definition) is 1. The lowest BCUT2D eigenvalue weighted by Crippen LogP contribution is -2.12. The molecule has 0 saturated heterocycles. The Bertz CT molecular complexity index is 407. The Labute approximate surface area is 119 Å². The van der Waals surface area contributed by atoms with E-state index in [1.165, 1.54) is 12.1 Å². The second-order valence-corrected chi connectivity index (χ2v) is 4.19. The van der Waals surface area contributed by atoms with Gasteiger partial charge in [-0.25, -0.2) is 0 Å². The Kier molecular flexibility index (Phi) is 7.69. The molecule has 0 radical (unpaired) electrons. The van der Waals surface area contributed by atoms with E-state index in [2.05, 4.69) is 0 Å². The highest BCUT2D eigenvalue weighted by Crippen LogP contribution is 2.48. The molecular weight excluding hydrogens is 265 g/mol. The molecule has 1 N–H and O–H groups in total. The SMILES string of the molecule is CC.CC.CCc1cc(O)cc(C2CC2)c1C(F)(F)F. The Morgan fingerprint density at radius 2 is 1.60 bits per heavy atom. The van der Waals surface area contributed by atoms with Crippen LogP contribution in [0.25, 0.3) is 0 Å². The summed E-state index contributed by atoms with van der Waals surface area (Å²) in [5, 5.41) is 9.42. The van der Waals surface area contributed by atoms with Crippen LogP contribution in [-0.2, 0) is 12.6 Å². The number of alkyl halides is 3. The van der Waals surface area contributed by atoms with E-state index in [-0.39, 0.29) is 29.2 Å². The van der Waals surface area contributed by atoms with Gasteiger partial charge in [-0.1, -0.05) is 34.6 Å². The summed E-state index contributed by atoms with van der Waals surface area (Å²) in [5.41, 5.74) is -0.0750. The predicted molar refractivity (Wildman–Crippen MR) is 77.2 cm³/mol. The van der Waals surface area contributed by atoms with Crippen molar-refractivity contribution in [3.8, 4) is 5.75 Å². The van der Waals surface area contributed by atoms with Crippen LogP contribution in [0.5, 0.6) is 5.75 Å². The van der Waals surface area contributed by atoms with E-state index in [1.54, 1.807) is 6.92 Å². The molecule has 0 bridgehead atoms.